The third-order valence-electron chi connectivity index (χ3n) is 6.87. The van der Waals surface area contributed by atoms with Gasteiger partial charge in [0, 0.05) is 11.1 Å². The van der Waals surface area contributed by atoms with Crippen molar-refractivity contribution in [2.45, 2.75) is 21.3 Å². The fourth-order valence-corrected chi connectivity index (χ4v) is 6.75. The number of nitrogens with two attached hydrogens (primary N) is 1. The number of nitrogens with one attached hydrogen (secondary N) is 1. The van der Waals surface area contributed by atoms with Gasteiger partial charge in [0.1, 0.15) is 29.4 Å². The van der Waals surface area contributed by atoms with E-state index in [0.717, 1.165) is 22.5 Å². The first-order chi connectivity index (χ1) is 23.0. The van der Waals surface area contributed by atoms with Crippen LogP contribution in [0, 0.1) is 0 Å². The van der Waals surface area contributed by atoms with Crippen molar-refractivity contribution in [3.8, 4) is 0 Å². The van der Waals surface area contributed by atoms with Crippen molar-refractivity contribution in [2.24, 2.45) is 5.16 Å². The number of rotatable bonds is 12. The van der Waals surface area contributed by atoms with E-state index in [-0.39, 0.29) is 22.2 Å². The normalized spacial score (nSPS) is 17.7. The number of amides is 2. The molecule has 0 aliphatic carbocycles. The summed E-state index contributed by atoms with van der Waals surface area (Å²) in [5.41, 5.74) is 7.46. The van der Waals surface area contributed by atoms with Gasteiger partial charge in [-0.25, -0.2) is 14.6 Å². The number of allylic oxidation sites excluding steroid dienone is 1. The summed E-state index contributed by atoms with van der Waals surface area (Å²) in [5, 5.41) is 7.32. The second kappa shape index (κ2) is 15.4. The maximum atomic E-state index is 13.8. The minimum absolute atomic E-state index is 0.0376. The van der Waals surface area contributed by atoms with Crippen molar-refractivity contribution >= 4 is 92.5 Å². The van der Waals surface area contributed by atoms with Gasteiger partial charge in [-0.2, -0.15) is 0 Å². The maximum absolute atomic E-state index is 13.8. The van der Waals surface area contributed by atoms with Crippen molar-refractivity contribution in [2.75, 3.05) is 24.7 Å². The number of benzene rings is 2. The number of anilines is 1. The lowest BCUT2D eigenvalue weighted by Gasteiger charge is -2.49. The number of hydrogen-bond donors (Lipinski definition) is 2. The van der Waals surface area contributed by atoms with Crippen molar-refractivity contribution in [1.29, 1.82) is 0 Å². The van der Waals surface area contributed by atoms with E-state index in [1.54, 1.807) is 0 Å². The number of esters is 2. The van der Waals surface area contributed by atoms with Gasteiger partial charge in [0.2, 0.25) is 10.4 Å². The molecule has 3 aromatic rings. The fraction of sp³-hybridized carbons (Fsp3) is 0.226. The molecule has 2 atom stereocenters. The summed E-state index contributed by atoms with van der Waals surface area (Å²) in [5.74, 6) is -2.72. The Bertz CT molecular complexity index is 1730. The number of carbonyl (C=O) groups is 4. The Labute approximate surface area is 297 Å². The van der Waals surface area contributed by atoms with Crippen LogP contribution in [-0.4, -0.2) is 73.5 Å². The first-order valence-corrected chi connectivity index (χ1v) is 17.1. The second-order valence-electron chi connectivity index (χ2n) is 10.1. The summed E-state index contributed by atoms with van der Waals surface area (Å²) in [7, 11) is 0. The van der Waals surface area contributed by atoms with E-state index in [1.807, 2.05) is 60.7 Å². The third-order valence-corrected chi connectivity index (χ3v) is 9.17. The molecular formula is C31H26Cl3N5O7S2. The number of thioether (sulfide) groups is 1. The lowest BCUT2D eigenvalue weighted by atomic mass is 10.0. The SMILES string of the molecule is C=CC1=C(C(=O)OC(c2ccccc2)c2ccccc2)N2C(=O)C(NC(=O)/C(=N/OCC(=O)OCC(Cl)(Cl)Cl)c3csc(N)n3)[C@H]2SC1. The van der Waals surface area contributed by atoms with Gasteiger partial charge in [0.05, 0.1) is 0 Å². The quantitative estimate of drug-likeness (QED) is 0.0885. The standard InChI is InChI=1S/C31H26Cl3N5O7S2/c1-2-17-14-47-28-23(37-26(41)22(20-15-48-30(35)36-20)38-45-13-21(40)44-16-31(32,33)34)27(42)39(28)24(17)29(43)46-25(18-9-5-3-6-10-18)19-11-7-4-8-12-19/h2-12,15,23,25,28H,1,13-14,16H2,(H2,35,36)(H,37,41)/b38-22+/t23?,28-/m1/s1. The molecule has 1 saturated heterocycles. The van der Waals surface area contributed by atoms with Gasteiger partial charge >= 0.3 is 11.9 Å². The van der Waals surface area contributed by atoms with Crippen LogP contribution < -0.4 is 11.1 Å². The molecule has 250 valence electrons. The molecule has 2 aliphatic heterocycles. The highest BCUT2D eigenvalue weighted by molar-refractivity contribution is 8.00. The maximum Gasteiger partial charge on any atom is 0.356 e. The van der Waals surface area contributed by atoms with Crippen LogP contribution in [0.1, 0.15) is 22.9 Å². The number of ether oxygens (including phenoxy) is 2. The number of aromatic nitrogens is 1. The molecule has 2 aliphatic rings. The third kappa shape index (κ3) is 8.31. The van der Waals surface area contributed by atoms with Crippen molar-refractivity contribution in [1.82, 2.24) is 15.2 Å². The molecule has 2 amide bonds. The molecule has 0 saturated carbocycles. The summed E-state index contributed by atoms with van der Waals surface area (Å²) in [6.45, 7) is 2.57. The minimum Gasteiger partial charge on any atom is -0.459 e. The lowest BCUT2D eigenvalue weighted by molar-refractivity contribution is -0.154. The van der Waals surface area contributed by atoms with E-state index < -0.39 is 58.3 Å². The van der Waals surface area contributed by atoms with Crippen LogP contribution >= 0.6 is 57.9 Å². The Hall–Kier alpha value is -4.08. The largest absolute Gasteiger partial charge is 0.459 e. The number of hydrogen-bond acceptors (Lipinski definition) is 12. The summed E-state index contributed by atoms with van der Waals surface area (Å²) in [6, 6.07) is 17.4. The molecular weight excluding hydrogens is 725 g/mol. The number of nitrogens with zero attached hydrogens (tertiary/aromatic N) is 3. The molecule has 17 heteroatoms. The average Bonchev–Trinajstić information content (AvgIpc) is 3.51. The van der Waals surface area contributed by atoms with Gasteiger partial charge in [-0.1, -0.05) is 113 Å². The summed E-state index contributed by atoms with van der Waals surface area (Å²) in [6.07, 6.45) is 0.758. The monoisotopic (exact) mass is 749 g/mol. The smallest absolute Gasteiger partial charge is 0.356 e. The zero-order chi connectivity index (χ0) is 34.4. The Kier molecular flexibility index (Phi) is 11.3. The Morgan fingerprint density at radius 2 is 1.77 bits per heavy atom. The Morgan fingerprint density at radius 1 is 1.12 bits per heavy atom. The average molecular weight is 751 g/mol. The molecule has 3 heterocycles. The van der Waals surface area contributed by atoms with Gasteiger partial charge < -0.3 is 25.4 Å². The molecule has 1 aromatic heterocycles. The molecule has 2 aromatic carbocycles. The van der Waals surface area contributed by atoms with Gasteiger partial charge in [0.15, 0.2) is 16.9 Å². The van der Waals surface area contributed by atoms with Gasteiger partial charge in [-0.3, -0.25) is 14.5 Å². The van der Waals surface area contributed by atoms with Gasteiger partial charge in [0.25, 0.3) is 11.8 Å². The molecule has 0 bridgehead atoms. The molecule has 1 fully saturated rings. The van der Waals surface area contributed by atoms with Crippen LogP contribution in [0.4, 0.5) is 5.13 Å². The van der Waals surface area contributed by atoms with E-state index in [9.17, 15) is 19.2 Å². The molecule has 1 unspecified atom stereocenters. The van der Waals surface area contributed by atoms with E-state index in [2.05, 4.69) is 22.0 Å². The van der Waals surface area contributed by atoms with Crippen LogP contribution in [-0.2, 0) is 33.5 Å². The number of oxime groups is 1. The molecule has 12 nitrogen and oxygen atoms in total. The highest BCUT2D eigenvalue weighted by Crippen LogP contribution is 2.42. The van der Waals surface area contributed by atoms with E-state index in [4.69, 9.17) is 54.8 Å². The van der Waals surface area contributed by atoms with Crippen molar-refractivity contribution in [3.63, 3.8) is 0 Å². The Morgan fingerprint density at radius 3 is 2.33 bits per heavy atom. The minimum atomic E-state index is -1.83. The second-order valence-corrected chi connectivity index (χ2v) is 14.6. The van der Waals surface area contributed by atoms with Crippen LogP contribution in [0.2, 0.25) is 0 Å². The highest BCUT2D eigenvalue weighted by Gasteiger charge is 2.54. The number of thiazole rings is 1. The Balaban J connectivity index is 1.32. The van der Waals surface area contributed by atoms with Crippen LogP contribution in [0.25, 0.3) is 0 Å². The molecule has 5 rings (SSSR count). The number of halogens is 3. The molecule has 3 N–H and O–H groups in total. The summed E-state index contributed by atoms with van der Waals surface area (Å²) >= 11 is 19.1. The molecule has 0 spiro atoms. The van der Waals surface area contributed by atoms with Crippen LogP contribution in [0.5, 0.6) is 0 Å². The predicted molar refractivity (Wildman–Crippen MR) is 183 cm³/mol. The van der Waals surface area contributed by atoms with Crippen molar-refractivity contribution < 1.29 is 33.5 Å². The first-order valence-electron chi connectivity index (χ1n) is 14.0. The zero-order valence-corrected chi connectivity index (χ0v) is 28.6. The van der Waals surface area contributed by atoms with E-state index in [1.165, 1.54) is 28.1 Å². The number of fused-ring (bicyclic) bond motifs is 1. The lowest BCUT2D eigenvalue weighted by Crippen LogP contribution is -2.71. The highest BCUT2D eigenvalue weighted by atomic mass is 35.6. The van der Waals surface area contributed by atoms with Crippen molar-refractivity contribution in [3.05, 3.63) is 107 Å². The number of alkyl halides is 3. The van der Waals surface area contributed by atoms with Crippen LogP contribution in [0.3, 0.4) is 0 Å². The zero-order valence-electron chi connectivity index (χ0n) is 24.7. The summed E-state index contributed by atoms with van der Waals surface area (Å²) in [4.78, 5) is 63.2. The van der Waals surface area contributed by atoms with E-state index >= 15 is 0 Å². The molecule has 48 heavy (non-hydrogen) atoms. The fourth-order valence-electron chi connectivity index (χ4n) is 4.70. The van der Waals surface area contributed by atoms with Gasteiger partial charge in [-0.05, 0) is 16.7 Å². The number of β-lactam (4-membered cyclic amide) rings is 1. The predicted octanol–water partition coefficient (Wildman–Crippen LogP) is 4.53. The van der Waals surface area contributed by atoms with Gasteiger partial charge in [-0.15, -0.1) is 23.1 Å². The number of carbonyl (C=O) groups excluding carboxylic acids is 4. The molecule has 0 radical (unpaired) electrons. The van der Waals surface area contributed by atoms with Crippen LogP contribution in [0.15, 0.2) is 95.1 Å². The summed E-state index contributed by atoms with van der Waals surface area (Å²) < 4.78 is 9.01. The van der Waals surface area contributed by atoms with E-state index in [0.29, 0.717) is 11.3 Å². The first kappa shape index (κ1) is 35.2. The topological polar surface area (TPSA) is 163 Å². The number of nitrogen functional groups attached to an aromatic ring is 1.